The molecule has 1 heterocycles. The number of nitrogens with one attached hydrogen (secondary N) is 2. The number of nitrogens with zero attached hydrogens (tertiary/aromatic N) is 1. The third kappa shape index (κ3) is 4.95. The summed E-state index contributed by atoms with van der Waals surface area (Å²) in [5, 5.41) is 5.37. The summed E-state index contributed by atoms with van der Waals surface area (Å²) in [6.07, 6.45) is 7.82. The number of imide groups is 1. The third-order valence-corrected chi connectivity index (χ3v) is 5.01. The van der Waals surface area contributed by atoms with Gasteiger partial charge in [-0.05, 0) is 38.1 Å². The molecule has 2 aliphatic rings. The number of carbonyl (C=O) groups is 2. The van der Waals surface area contributed by atoms with E-state index in [9.17, 15) is 9.59 Å². The predicted molar refractivity (Wildman–Crippen MR) is 86.4 cm³/mol. The van der Waals surface area contributed by atoms with Gasteiger partial charge in [-0.1, -0.05) is 26.2 Å². The van der Waals surface area contributed by atoms with Crippen molar-refractivity contribution in [3.05, 3.63) is 0 Å². The number of rotatable bonds is 4. The lowest BCUT2D eigenvalue weighted by molar-refractivity contribution is -0.122. The van der Waals surface area contributed by atoms with Crippen molar-refractivity contribution in [2.24, 2.45) is 11.7 Å². The number of nitrogens with two attached hydrogens (primary N) is 1. The van der Waals surface area contributed by atoms with Gasteiger partial charge in [0.25, 0.3) is 0 Å². The maximum Gasteiger partial charge on any atom is 0.321 e. The highest BCUT2D eigenvalue weighted by atomic mass is 16.2. The summed E-state index contributed by atoms with van der Waals surface area (Å²) in [4.78, 5) is 26.1. The summed E-state index contributed by atoms with van der Waals surface area (Å²) in [6, 6.07) is 0.0977. The van der Waals surface area contributed by atoms with E-state index in [0.717, 1.165) is 45.1 Å². The van der Waals surface area contributed by atoms with Crippen LogP contribution in [0.1, 0.15) is 51.9 Å². The molecule has 6 nitrogen and oxygen atoms in total. The Balaban J connectivity index is 1.75. The van der Waals surface area contributed by atoms with Gasteiger partial charge in [-0.3, -0.25) is 15.0 Å². The van der Waals surface area contributed by atoms with Crippen molar-refractivity contribution in [3.63, 3.8) is 0 Å². The molecule has 1 saturated carbocycles. The molecule has 0 radical (unpaired) electrons. The second-order valence-electron chi connectivity index (χ2n) is 6.75. The molecule has 0 aromatic rings. The van der Waals surface area contributed by atoms with Gasteiger partial charge >= 0.3 is 6.03 Å². The van der Waals surface area contributed by atoms with Gasteiger partial charge < -0.3 is 11.1 Å². The number of amides is 3. The van der Waals surface area contributed by atoms with Crippen LogP contribution >= 0.6 is 0 Å². The summed E-state index contributed by atoms with van der Waals surface area (Å²) in [5.74, 6) is 0.267. The number of urea groups is 1. The summed E-state index contributed by atoms with van der Waals surface area (Å²) >= 11 is 0. The second kappa shape index (κ2) is 8.48. The van der Waals surface area contributed by atoms with Crippen LogP contribution in [0.25, 0.3) is 0 Å². The molecule has 3 amide bonds. The standard InChI is InChI=1S/C16H30N4O2/c1-12-6-5-9-20(14(12)10-17)11-15(21)19-16(22)18-13-7-3-2-4-8-13/h12-14H,2-11,17H2,1H3,(H2,18,19,21,22). The minimum Gasteiger partial charge on any atom is -0.335 e. The Bertz CT molecular complexity index is 382. The van der Waals surface area contributed by atoms with E-state index in [2.05, 4.69) is 22.5 Å². The quantitative estimate of drug-likeness (QED) is 0.728. The fraction of sp³-hybridized carbons (Fsp3) is 0.875. The van der Waals surface area contributed by atoms with E-state index in [4.69, 9.17) is 5.73 Å². The first kappa shape index (κ1) is 17.2. The van der Waals surface area contributed by atoms with Crippen LogP contribution in [0, 0.1) is 5.92 Å². The number of piperidine rings is 1. The van der Waals surface area contributed by atoms with Crippen molar-refractivity contribution in [3.8, 4) is 0 Å². The molecule has 4 N–H and O–H groups in total. The molecule has 2 atom stereocenters. The van der Waals surface area contributed by atoms with E-state index in [1.807, 2.05) is 0 Å². The van der Waals surface area contributed by atoms with Crippen molar-refractivity contribution in [2.45, 2.75) is 64.0 Å². The van der Waals surface area contributed by atoms with Gasteiger partial charge in [-0.2, -0.15) is 0 Å². The van der Waals surface area contributed by atoms with E-state index in [1.165, 1.54) is 6.42 Å². The number of carbonyl (C=O) groups excluding carboxylic acids is 2. The maximum absolute atomic E-state index is 12.1. The topological polar surface area (TPSA) is 87.5 Å². The van der Waals surface area contributed by atoms with Crippen LogP contribution in [0.3, 0.4) is 0 Å². The molecule has 126 valence electrons. The summed E-state index contributed by atoms with van der Waals surface area (Å²) < 4.78 is 0. The zero-order valence-corrected chi connectivity index (χ0v) is 13.6. The van der Waals surface area contributed by atoms with E-state index >= 15 is 0 Å². The lowest BCUT2D eigenvalue weighted by Gasteiger charge is -2.38. The third-order valence-electron chi connectivity index (χ3n) is 5.01. The maximum atomic E-state index is 12.1. The summed E-state index contributed by atoms with van der Waals surface area (Å²) in [5.41, 5.74) is 5.83. The van der Waals surface area contributed by atoms with Crippen molar-refractivity contribution >= 4 is 11.9 Å². The van der Waals surface area contributed by atoms with Crippen LogP contribution in [-0.2, 0) is 4.79 Å². The predicted octanol–water partition coefficient (Wildman–Crippen LogP) is 1.20. The molecule has 2 unspecified atom stereocenters. The largest absolute Gasteiger partial charge is 0.335 e. The van der Waals surface area contributed by atoms with Gasteiger partial charge in [0.1, 0.15) is 0 Å². The van der Waals surface area contributed by atoms with Crippen molar-refractivity contribution in [1.29, 1.82) is 0 Å². The minimum absolute atomic E-state index is 0.216. The molecule has 2 fully saturated rings. The zero-order chi connectivity index (χ0) is 15.9. The first-order valence-corrected chi connectivity index (χ1v) is 8.64. The average Bonchev–Trinajstić information content (AvgIpc) is 2.48. The Morgan fingerprint density at radius 1 is 1.14 bits per heavy atom. The molecular weight excluding hydrogens is 280 g/mol. The zero-order valence-electron chi connectivity index (χ0n) is 13.6. The van der Waals surface area contributed by atoms with Gasteiger partial charge in [0.2, 0.25) is 5.91 Å². The van der Waals surface area contributed by atoms with Crippen LogP contribution < -0.4 is 16.4 Å². The smallest absolute Gasteiger partial charge is 0.321 e. The lowest BCUT2D eigenvalue weighted by atomic mass is 9.91. The van der Waals surface area contributed by atoms with Gasteiger partial charge in [-0.25, -0.2) is 4.79 Å². The molecular formula is C16H30N4O2. The Labute approximate surface area is 133 Å². The van der Waals surface area contributed by atoms with Crippen molar-refractivity contribution in [2.75, 3.05) is 19.6 Å². The molecule has 1 saturated heterocycles. The van der Waals surface area contributed by atoms with Crippen LogP contribution in [-0.4, -0.2) is 48.6 Å². The highest BCUT2D eigenvalue weighted by Gasteiger charge is 2.29. The Morgan fingerprint density at radius 2 is 1.86 bits per heavy atom. The van der Waals surface area contributed by atoms with Crippen molar-refractivity contribution < 1.29 is 9.59 Å². The molecule has 0 bridgehead atoms. The molecule has 6 heteroatoms. The highest BCUT2D eigenvalue weighted by Crippen LogP contribution is 2.22. The molecule has 1 aliphatic heterocycles. The normalized spacial score (nSPS) is 27.4. The molecule has 22 heavy (non-hydrogen) atoms. The van der Waals surface area contributed by atoms with Crippen LogP contribution in [0.15, 0.2) is 0 Å². The van der Waals surface area contributed by atoms with Crippen LogP contribution in [0.2, 0.25) is 0 Å². The fourth-order valence-electron chi connectivity index (χ4n) is 3.73. The molecule has 0 aromatic carbocycles. The fourth-order valence-corrected chi connectivity index (χ4v) is 3.73. The van der Waals surface area contributed by atoms with Gasteiger partial charge in [-0.15, -0.1) is 0 Å². The number of hydrogen-bond donors (Lipinski definition) is 3. The van der Waals surface area contributed by atoms with Crippen molar-refractivity contribution in [1.82, 2.24) is 15.5 Å². The molecule has 2 rings (SSSR count). The van der Waals surface area contributed by atoms with Crippen LogP contribution in [0.5, 0.6) is 0 Å². The first-order valence-electron chi connectivity index (χ1n) is 8.64. The molecule has 1 aliphatic carbocycles. The first-order chi connectivity index (χ1) is 10.6. The Morgan fingerprint density at radius 3 is 2.55 bits per heavy atom. The number of likely N-dealkylation sites (tertiary alicyclic amines) is 1. The number of hydrogen-bond acceptors (Lipinski definition) is 4. The summed E-state index contributed by atoms with van der Waals surface area (Å²) in [6.45, 7) is 3.87. The van der Waals surface area contributed by atoms with E-state index in [1.54, 1.807) is 0 Å². The summed E-state index contributed by atoms with van der Waals surface area (Å²) in [7, 11) is 0. The molecule has 0 spiro atoms. The Hall–Kier alpha value is -1.14. The second-order valence-corrected chi connectivity index (χ2v) is 6.75. The average molecular weight is 310 g/mol. The highest BCUT2D eigenvalue weighted by molar-refractivity contribution is 5.95. The SMILES string of the molecule is CC1CCCN(CC(=O)NC(=O)NC2CCCCC2)C1CN. The lowest BCUT2D eigenvalue weighted by Crippen LogP contribution is -2.53. The van der Waals surface area contributed by atoms with E-state index in [-0.39, 0.29) is 30.6 Å². The Kier molecular flexibility index (Phi) is 6.64. The van der Waals surface area contributed by atoms with Gasteiger partial charge in [0.05, 0.1) is 6.54 Å². The van der Waals surface area contributed by atoms with E-state index in [0.29, 0.717) is 12.5 Å². The van der Waals surface area contributed by atoms with E-state index < -0.39 is 0 Å². The molecule has 0 aromatic heterocycles. The van der Waals surface area contributed by atoms with Gasteiger partial charge in [0.15, 0.2) is 0 Å². The van der Waals surface area contributed by atoms with Gasteiger partial charge in [0, 0.05) is 18.6 Å². The minimum atomic E-state index is -0.355. The van der Waals surface area contributed by atoms with Crippen LogP contribution in [0.4, 0.5) is 4.79 Å². The monoisotopic (exact) mass is 310 g/mol.